The Morgan fingerprint density at radius 3 is 2.83 bits per heavy atom. The third kappa shape index (κ3) is 2.65. The van der Waals surface area contributed by atoms with Crippen molar-refractivity contribution in [3.63, 3.8) is 0 Å². The maximum atomic E-state index is 5.76. The largest absolute Gasteiger partial charge is 0.491 e. The second-order valence-electron chi connectivity index (χ2n) is 4.34. The molecule has 2 N–H and O–H groups in total. The number of benzene rings is 1. The first-order valence-electron chi connectivity index (χ1n) is 6.03. The molecule has 1 heterocycles. The molecule has 0 saturated heterocycles. The summed E-state index contributed by atoms with van der Waals surface area (Å²) in [5.41, 5.74) is 8.59. The highest BCUT2D eigenvalue weighted by Crippen LogP contribution is 2.33. The van der Waals surface area contributed by atoms with E-state index in [0.717, 1.165) is 33.2 Å². The van der Waals surface area contributed by atoms with Gasteiger partial charge in [-0.15, -0.1) is 0 Å². The van der Waals surface area contributed by atoms with Crippen LogP contribution >= 0.6 is 15.9 Å². The van der Waals surface area contributed by atoms with Gasteiger partial charge in [0, 0.05) is 15.6 Å². The van der Waals surface area contributed by atoms with E-state index < -0.39 is 0 Å². The van der Waals surface area contributed by atoms with Gasteiger partial charge in [0.25, 0.3) is 0 Å². The van der Waals surface area contributed by atoms with Crippen molar-refractivity contribution in [1.82, 2.24) is 4.98 Å². The van der Waals surface area contributed by atoms with Gasteiger partial charge in [-0.05, 0) is 50.6 Å². The fraction of sp³-hybridized carbons (Fsp3) is 0.357. The van der Waals surface area contributed by atoms with Crippen molar-refractivity contribution in [2.24, 2.45) is 5.73 Å². The molecule has 4 heteroatoms. The average molecular weight is 309 g/mol. The van der Waals surface area contributed by atoms with Crippen LogP contribution in [-0.2, 0) is 0 Å². The molecule has 0 radical (unpaired) electrons. The van der Waals surface area contributed by atoms with Crippen molar-refractivity contribution in [3.8, 4) is 5.75 Å². The molecule has 1 aromatic heterocycles. The van der Waals surface area contributed by atoms with Crippen molar-refractivity contribution >= 4 is 26.8 Å². The highest BCUT2D eigenvalue weighted by Gasteiger charge is 2.10. The Morgan fingerprint density at radius 1 is 1.33 bits per heavy atom. The second-order valence-corrected chi connectivity index (χ2v) is 5.19. The van der Waals surface area contributed by atoms with Crippen LogP contribution in [0, 0.1) is 13.8 Å². The van der Waals surface area contributed by atoms with Gasteiger partial charge in [-0.1, -0.05) is 15.9 Å². The number of hydrogen-bond donors (Lipinski definition) is 1. The number of nitrogens with zero attached hydrogens (tertiary/aromatic N) is 1. The maximum Gasteiger partial charge on any atom is 0.145 e. The lowest BCUT2D eigenvalue weighted by molar-refractivity contribution is 0.316. The van der Waals surface area contributed by atoms with E-state index in [1.165, 1.54) is 5.56 Å². The van der Waals surface area contributed by atoms with Crippen LogP contribution in [-0.4, -0.2) is 18.1 Å². The summed E-state index contributed by atoms with van der Waals surface area (Å²) in [6.45, 7) is 5.35. The van der Waals surface area contributed by atoms with E-state index in [9.17, 15) is 0 Å². The fourth-order valence-corrected chi connectivity index (χ4v) is 2.64. The summed E-state index contributed by atoms with van der Waals surface area (Å²) in [7, 11) is 0. The summed E-state index contributed by atoms with van der Waals surface area (Å²) in [6, 6.07) is 6.04. The zero-order valence-electron chi connectivity index (χ0n) is 10.7. The normalized spacial score (nSPS) is 10.9. The molecular formula is C14H17BrN2O. The van der Waals surface area contributed by atoms with E-state index in [0.29, 0.717) is 13.2 Å². The van der Waals surface area contributed by atoms with Crippen LogP contribution in [0.2, 0.25) is 0 Å². The number of nitrogens with two attached hydrogens (primary N) is 1. The van der Waals surface area contributed by atoms with Crippen molar-refractivity contribution in [2.45, 2.75) is 20.3 Å². The van der Waals surface area contributed by atoms with Gasteiger partial charge in [0.15, 0.2) is 0 Å². The van der Waals surface area contributed by atoms with Crippen LogP contribution in [0.1, 0.15) is 17.7 Å². The minimum absolute atomic E-state index is 0.627. The molecule has 0 fully saturated rings. The minimum Gasteiger partial charge on any atom is -0.491 e. The summed E-state index contributed by atoms with van der Waals surface area (Å²) in [6.07, 6.45) is 0.850. The minimum atomic E-state index is 0.627. The van der Waals surface area contributed by atoms with Gasteiger partial charge in [-0.25, -0.2) is 4.98 Å². The number of rotatable bonds is 4. The van der Waals surface area contributed by atoms with Gasteiger partial charge in [-0.3, -0.25) is 0 Å². The van der Waals surface area contributed by atoms with Gasteiger partial charge in [0.2, 0.25) is 0 Å². The summed E-state index contributed by atoms with van der Waals surface area (Å²) in [5.74, 6) is 0.827. The van der Waals surface area contributed by atoms with E-state index in [-0.39, 0.29) is 0 Å². The van der Waals surface area contributed by atoms with E-state index in [4.69, 9.17) is 10.5 Å². The molecule has 0 atom stereocenters. The highest BCUT2D eigenvalue weighted by molar-refractivity contribution is 9.10. The quantitative estimate of drug-likeness (QED) is 0.881. The zero-order chi connectivity index (χ0) is 13.1. The van der Waals surface area contributed by atoms with Crippen LogP contribution in [0.4, 0.5) is 0 Å². The summed E-state index contributed by atoms with van der Waals surface area (Å²) in [5, 5.41) is 1.12. The first kappa shape index (κ1) is 13.3. The van der Waals surface area contributed by atoms with Crippen LogP contribution in [0.25, 0.3) is 10.9 Å². The Bertz CT molecular complexity index is 569. The predicted molar refractivity (Wildman–Crippen MR) is 78.1 cm³/mol. The van der Waals surface area contributed by atoms with Crippen LogP contribution in [0.3, 0.4) is 0 Å². The topological polar surface area (TPSA) is 48.1 Å². The summed E-state index contributed by atoms with van der Waals surface area (Å²) >= 11 is 3.57. The third-order valence-corrected chi connectivity index (χ3v) is 3.46. The molecule has 0 aliphatic carbocycles. The van der Waals surface area contributed by atoms with E-state index >= 15 is 0 Å². The van der Waals surface area contributed by atoms with Gasteiger partial charge < -0.3 is 10.5 Å². The smallest absolute Gasteiger partial charge is 0.145 e. The molecule has 0 saturated carbocycles. The summed E-state index contributed by atoms with van der Waals surface area (Å²) in [4.78, 5) is 4.59. The number of ether oxygens (including phenoxy) is 1. The lowest BCUT2D eigenvalue weighted by Gasteiger charge is -2.12. The van der Waals surface area contributed by atoms with Crippen molar-refractivity contribution in [2.75, 3.05) is 13.2 Å². The number of hydrogen-bond acceptors (Lipinski definition) is 3. The molecule has 1 aromatic carbocycles. The van der Waals surface area contributed by atoms with Crippen LogP contribution < -0.4 is 10.5 Å². The SMILES string of the molecule is Cc1cc(C)c2c(Br)ccc(OCCCN)c2n1. The molecule has 2 aromatic rings. The van der Waals surface area contributed by atoms with Gasteiger partial charge in [0.1, 0.15) is 11.3 Å². The van der Waals surface area contributed by atoms with Gasteiger partial charge in [-0.2, -0.15) is 0 Å². The van der Waals surface area contributed by atoms with Crippen molar-refractivity contribution < 1.29 is 4.74 Å². The number of pyridine rings is 1. The molecule has 0 spiro atoms. The van der Waals surface area contributed by atoms with Crippen LogP contribution in [0.5, 0.6) is 5.75 Å². The average Bonchev–Trinajstić information content (AvgIpc) is 2.31. The first-order chi connectivity index (χ1) is 8.63. The second kappa shape index (κ2) is 5.67. The molecule has 0 unspecified atom stereocenters. The first-order valence-corrected chi connectivity index (χ1v) is 6.82. The van der Waals surface area contributed by atoms with Gasteiger partial charge >= 0.3 is 0 Å². The molecule has 0 amide bonds. The van der Waals surface area contributed by atoms with Crippen molar-refractivity contribution in [3.05, 3.63) is 33.9 Å². The van der Waals surface area contributed by atoms with E-state index in [1.807, 2.05) is 19.1 Å². The maximum absolute atomic E-state index is 5.76. The Kier molecular flexibility index (Phi) is 4.19. The van der Waals surface area contributed by atoms with Crippen molar-refractivity contribution in [1.29, 1.82) is 0 Å². The predicted octanol–water partition coefficient (Wildman–Crippen LogP) is 3.34. The standard InChI is InChI=1S/C14H17BrN2O/c1-9-8-10(2)17-14-12(18-7-3-6-16)5-4-11(15)13(9)14/h4-5,8H,3,6-7,16H2,1-2H3. The molecule has 0 aliphatic rings. The Hall–Kier alpha value is -1.13. The molecule has 0 aliphatic heterocycles. The molecular weight excluding hydrogens is 292 g/mol. The van der Waals surface area contributed by atoms with E-state index in [2.05, 4.69) is 33.9 Å². The zero-order valence-corrected chi connectivity index (χ0v) is 12.3. The lowest BCUT2D eigenvalue weighted by Crippen LogP contribution is -2.06. The number of aryl methyl sites for hydroxylation is 2. The lowest BCUT2D eigenvalue weighted by atomic mass is 10.1. The Labute approximate surface area is 115 Å². The highest BCUT2D eigenvalue weighted by atomic mass is 79.9. The molecule has 96 valence electrons. The van der Waals surface area contributed by atoms with E-state index in [1.54, 1.807) is 0 Å². The molecule has 3 nitrogen and oxygen atoms in total. The number of fused-ring (bicyclic) bond motifs is 1. The number of halogens is 1. The third-order valence-electron chi connectivity index (χ3n) is 2.80. The monoisotopic (exact) mass is 308 g/mol. The molecule has 2 rings (SSSR count). The molecule has 0 bridgehead atoms. The number of aromatic nitrogens is 1. The fourth-order valence-electron chi connectivity index (χ4n) is 2.01. The Morgan fingerprint density at radius 2 is 2.11 bits per heavy atom. The van der Waals surface area contributed by atoms with Gasteiger partial charge in [0.05, 0.1) is 6.61 Å². The summed E-state index contributed by atoms with van der Waals surface area (Å²) < 4.78 is 6.81. The van der Waals surface area contributed by atoms with Crippen LogP contribution in [0.15, 0.2) is 22.7 Å². The Balaban J connectivity index is 2.51. The molecule has 18 heavy (non-hydrogen) atoms.